The summed E-state index contributed by atoms with van der Waals surface area (Å²) in [6.07, 6.45) is -2.11. The van der Waals surface area contributed by atoms with Gasteiger partial charge in [-0.3, -0.25) is 4.79 Å². The second-order valence-corrected chi connectivity index (χ2v) is 7.01. The van der Waals surface area contributed by atoms with Crippen LogP contribution in [0.3, 0.4) is 0 Å². The van der Waals surface area contributed by atoms with Crippen LogP contribution in [0.5, 0.6) is 0 Å². The maximum Gasteiger partial charge on any atom is 0.416 e. The third-order valence-corrected chi connectivity index (χ3v) is 4.41. The lowest BCUT2D eigenvalue weighted by atomic mass is 9.93. The Labute approximate surface area is 165 Å². The Kier molecular flexibility index (Phi) is 6.90. The lowest BCUT2D eigenvalue weighted by Crippen LogP contribution is -2.36. The first-order valence-corrected chi connectivity index (χ1v) is 8.68. The van der Waals surface area contributed by atoms with Gasteiger partial charge in [-0.15, -0.1) is 11.6 Å². The molecule has 0 heterocycles. The maximum absolute atomic E-state index is 12.9. The van der Waals surface area contributed by atoms with Gasteiger partial charge in [-0.2, -0.15) is 13.2 Å². The molecule has 0 saturated carbocycles. The summed E-state index contributed by atoms with van der Waals surface area (Å²) < 4.78 is 44.5. The van der Waals surface area contributed by atoms with Gasteiger partial charge < -0.3 is 14.9 Å². The van der Waals surface area contributed by atoms with Gasteiger partial charge in [0, 0.05) is 12.6 Å². The number of rotatable bonds is 6. The average molecular weight is 417 g/mol. The summed E-state index contributed by atoms with van der Waals surface area (Å²) in [7, 11) is 2.78. The van der Waals surface area contributed by atoms with E-state index in [1.807, 2.05) is 0 Å². The molecule has 0 aromatic heterocycles. The zero-order valence-corrected chi connectivity index (χ0v) is 16.3. The normalized spacial score (nSPS) is 22.6. The van der Waals surface area contributed by atoms with Crippen LogP contribution in [0, 0.1) is 0 Å². The fourth-order valence-electron chi connectivity index (χ4n) is 2.69. The van der Waals surface area contributed by atoms with E-state index >= 15 is 0 Å². The summed E-state index contributed by atoms with van der Waals surface area (Å²) in [6.45, 7) is 1.45. The molecular weight excluding hydrogens is 397 g/mol. The highest BCUT2D eigenvalue weighted by molar-refractivity contribution is 6.45. The molecule has 1 N–H and O–H groups in total. The first-order chi connectivity index (χ1) is 13.1. The summed E-state index contributed by atoms with van der Waals surface area (Å²) in [4.78, 5) is 15.5. The van der Waals surface area contributed by atoms with Gasteiger partial charge in [-0.05, 0) is 18.6 Å². The number of carbonyl (C=O) groups is 1. The highest BCUT2D eigenvalue weighted by Gasteiger charge is 2.40. The van der Waals surface area contributed by atoms with Crippen molar-refractivity contribution in [3.63, 3.8) is 0 Å². The number of allylic oxidation sites excluding steroid dienone is 2. The van der Waals surface area contributed by atoms with Crippen LogP contribution in [0.1, 0.15) is 18.1 Å². The van der Waals surface area contributed by atoms with Crippen molar-refractivity contribution < 1.29 is 27.5 Å². The SMILES string of the molecule is CNC(=O)/C(=N/OC)c1ccccc1COC1C=CC(C(F)(F)F)=CC1(C)Cl. The van der Waals surface area contributed by atoms with Crippen molar-refractivity contribution in [2.45, 2.75) is 30.7 Å². The molecule has 0 aliphatic heterocycles. The number of amides is 1. The van der Waals surface area contributed by atoms with Gasteiger partial charge in [0.05, 0.1) is 23.2 Å². The van der Waals surface area contributed by atoms with Crippen molar-refractivity contribution in [2.75, 3.05) is 14.2 Å². The lowest BCUT2D eigenvalue weighted by molar-refractivity contribution is -0.114. The van der Waals surface area contributed by atoms with Gasteiger partial charge in [-0.1, -0.05) is 41.6 Å². The van der Waals surface area contributed by atoms with Gasteiger partial charge in [0.25, 0.3) is 5.91 Å². The van der Waals surface area contributed by atoms with E-state index in [-0.39, 0.29) is 12.3 Å². The Morgan fingerprint density at radius 3 is 2.61 bits per heavy atom. The molecular formula is C19H20ClF3N2O3. The van der Waals surface area contributed by atoms with Crippen LogP contribution in [0.15, 0.2) is 53.2 Å². The van der Waals surface area contributed by atoms with Crippen LogP contribution < -0.4 is 5.32 Å². The number of nitrogens with zero attached hydrogens (tertiary/aromatic N) is 1. The third kappa shape index (κ3) is 5.14. The summed E-state index contributed by atoms with van der Waals surface area (Å²) in [5, 5.41) is 6.24. The van der Waals surface area contributed by atoms with Gasteiger partial charge in [0.1, 0.15) is 7.11 Å². The van der Waals surface area contributed by atoms with Crippen molar-refractivity contribution in [1.82, 2.24) is 5.32 Å². The highest BCUT2D eigenvalue weighted by Crippen LogP contribution is 2.37. The zero-order chi connectivity index (χ0) is 20.9. The number of benzene rings is 1. The van der Waals surface area contributed by atoms with E-state index in [2.05, 4.69) is 10.5 Å². The Balaban J connectivity index is 2.23. The first-order valence-electron chi connectivity index (χ1n) is 8.30. The minimum atomic E-state index is -4.48. The molecule has 152 valence electrons. The molecule has 0 radical (unpaired) electrons. The molecule has 0 saturated heterocycles. The number of likely N-dealkylation sites (N-methyl/N-ethyl adjacent to an activating group) is 1. The topological polar surface area (TPSA) is 59.9 Å². The molecule has 28 heavy (non-hydrogen) atoms. The van der Waals surface area contributed by atoms with Crippen LogP contribution in [0.2, 0.25) is 0 Å². The minimum absolute atomic E-state index is 0.00239. The number of hydrogen-bond acceptors (Lipinski definition) is 4. The number of hydrogen-bond donors (Lipinski definition) is 1. The predicted octanol–water partition coefficient (Wildman–Crippen LogP) is 3.72. The second kappa shape index (κ2) is 8.79. The van der Waals surface area contributed by atoms with Gasteiger partial charge in [0.15, 0.2) is 5.71 Å². The van der Waals surface area contributed by atoms with Crippen molar-refractivity contribution in [3.05, 3.63) is 59.2 Å². The van der Waals surface area contributed by atoms with Crippen LogP contribution in [0.4, 0.5) is 13.2 Å². The molecule has 1 aliphatic carbocycles. The van der Waals surface area contributed by atoms with E-state index in [1.165, 1.54) is 27.2 Å². The van der Waals surface area contributed by atoms with E-state index in [1.54, 1.807) is 24.3 Å². The Hall–Kier alpha value is -2.32. The number of nitrogens with one attached hydrogen (secondary N) is 1. The maximum atomic E-state index is 12.9. The van der Waals surface area contributed by atoms with E-state index < -0.39 is 28.6 Å². The molecule has 0 fully saturated rings. The molecule has 5 nitrogen and oxygen atoms in total. The van der Waals surface area contributed by atoms with Gasteiger partial charge >= 0.3 is 6.18 Å². The molecule has 0 spiro atoms. The van der Waals surface area contributed by atoms with E-state index in [9.17, 15) is 18.0 Å². The van der Waals surface area contributed by atoms with Crippen molar-refractivity contribution >= 4 is 23.2 Å². The second-order valence-electron chi connectivity index (χ2n) is 6.20. The summed E-state index contributed by atoms with van der Waals surface area (Å²) >= 11 is 6.27. The van der Waals surface area contributed by atoms with Crippen LogP contribution in [0.25, 0.3) is 0 Å². The number of alkyl halides is 4. The summed E-state index contributed by atoms with van der Waals surface area (Å²) in [5.74, 6) is -0.452. The predicted molar refractivity (Wildman–Crippen MR) is 100 cm³/mol. The quantitative estimate of drug-likeness (QED) is 0.437. The molecule has 1 aliphatic rings. The van der Waals surface area contributed by atoms with Gasteiger partial charge in [-0.25, -0.2) is 0 Å². The molecule has 1 amide bonds. The van der Waals surface area contributed by atoms with Gasteiger partial charge in [0.2, 0.25) is 0 Å². The Morgan fingerprint density at radius 1 is 1.36 bits per heavy atom. The number of carbonyl (C=O) groups excluding carboxylic acids is 1. The number of halogens is 4. The van der Waals surface area contributed by atoms with Crippen LogP contribution in [-0.4, -0.2) is 42.9 Å². The molecule has 1 aromatic rings. The zero-order valence-electron chi connectivity index (χ0n) is 15.5. The smallest absolute Gasteiger partial charge is 0.398 e. The molecule has 2 unspecified atom stereocenters. The van der Waals surface area contributed by atoms with E-state index in [4.69, 9.17) is 21.2 Å². The standard InChI is InChI=1S/C19H20ClF3N2O3/c1-18(20)10-13(19(21,22)23)8-9-15(18)28-11-12-6-4-5-7-14(12)16(25-27-3)17(26)24-2/h4-10,15H,11H2,1-3H3,(H,24,26)/b25-16+. The average Bonchev–Trinajstić information content (AvgIpc) is 2.63. The Bertz CT molecular complexity index is 817. The molecule has 2 atom stereocenters. The van der Waals surface area contributed by atoms with Crippen LogP contribution in [-0.2, 0) is 21.0 Å². The minimum Gasteiger partial charge on any atom is -0.398 e. The largest absolute Gasteiger partial charge is 0.416 e. The number of oxime groups is 1. The fourth-order valence-corrected chi connectivity index (χ4v) is 2.94. The van der Waals surface area contributed by atoms with E-state index in [0.717, 1.165) is 12.2 Å². The van der Waals surface area contributed by atoms with Crippen molar-refractivity contribution in [2.24, 2.45) is 5.16 Å². The lowest BCUT2D eigenvalue weighted by Gasteiger charge is -2.31. The van der Waals surface area contributed by atoms with E-state index in [0.29, 0.717) is 11.1 Å². The molecule has 9 heteroatoms. The van der Waals surface area contributed by atoms with Crippen molar-refractivity contribution in [1.29, 1.82) is 0 Å². The highest BCUT2D eigenvalue weighted by atomic mass is 35.5. The molecule has 2 rings (SSSR count). The monoisotopic (exact) mass is 416 g/mol. The summed E-state index contributed by atoms with van der Waals surface area (Å²) in [6, 6.07) is 6.86. The van der Waals surface area contributed by atoms with Crippen molar-refractivity contribution in [3.8, 4) is 0 Å². The molecule has 1 aromatic carbocycles. The first kappa shape index (κ1) is 22.0. The number of ether oxygens (including phenoxy) is 1. The van der Waals surface area contributed by atoms with Crippen LogP contribution >= 0.6 is 11.6 Å². The Morgan fingerprint density at radius 2 is 2.04 bits per heavy atom. The molecule has 0 bridgehead atoms. The fraction of sp³-hybridized carbons (Fsp3) is 0.368. The third-order valence-electron chi connectivity index (χ3n) is 4.09. The summed E-state index contributed by atoms with van der Waals surface area (Å²) in [5.41, 5.74) is 0.315.